The molecule has 22 heavy (non-hydrogen) atoms. The minimum atomic E-state index is -4.06. The van der Waals surface area contributed by atoms with Crippen LogP contribution in [0.2, 0.25) is 5.02 Å². The minimum absolute atomic E-state index is 0.0103. The molecule has 0 aromatic heterocycles. The summed E-state index contributed by atoms with van der Waals surface area (Å²) in [5.74, 6) is -0.881. The predicted octanol–water partition coefficient (Wildman–Crippen LogP) is 3.20. The summed E-state index contributed by atoms with van der Waals surface area (Å²) in [6, 6.07) is 10.2. The van der Waals surface area contributed by atoms with E-state index in [-0.39, 0.29) is 21.2 Å². The van der Waals surface area contributed by atoms with Crippen molar-refractivity contribution in [2.24, 2.45) is 0 Å². The lowest BCUT2D eigenvalue weighted by atomic mass is 10.2. The maximum absolute atomic E-state index is 12.3. The zero-order valence-corrected chi connectivity index (χ0v) is 13.4. The number of aryl methyl sites for hydroxylation is 1. The summed E-state index contributed by atoms with van der Waals surface area (Å²) < 4.78 is 34.2. The Hall–Kier alpha value is -2.05. The number of rotatable bonds is 4. The molecular weight excluding hydrogens is 328 g/mol. The van der Waals surface area contributed by atoms with Gasteiger partial charge in [-0.15, -0.1) is 0 Å². The molecule has 5 nitrogen and oxygen atoms in total. The van der Waals surface area contributed by atoms with E-state index in [0.29, 0.717) is 0 Å². The highest BCUT2D eigenvalue weighted by atomic mass is 35.5. The van der Waals surface area contributed by atoms with E-state index in [1.165, 1.54) is 37.4 Å². The third kappa shape index (κ3) is 3.58. The van der Waals surface area contributed by atoms with Crippen LogP contribution < -0.4 is 4.18 Å². The summed E-state index contributed by atoms with van der Waals surface area (Å²) in [5.41, 5.74) is 0.853. The van der Waals surface area contributed by atoms with Crippen molar-refractivity contribution in [2.75, 3.05) is 7.11 Å². The van der Waals surface area contributed by atoms with Gasteiger partial charge in [0.1, 0.15) is 10.5 Å². The van der Waals surface area contributed by atoms with Crippen LogP contribution in [-0.2, 0) is 14.9 Å². The normalized spacial score (nSPS) is 11.0. The van der Waals surface area contributed by atoms with Crippen LogP contribution in [0, 0.1) is 6.92 Å². The Morgan fingerprint density at radius 1 is 1.09 bits per heavy atom. The second kappa shape index (κ2) is 6.37. The van der Waals surface area contributed by atoms with Crippen LogP contribution >= 0.6 is 11.6 Å². The lowest BCUT2D eigenvalue weighted by Crippen LogP contribution is -2.13. The number of benzene rings is 2. The topological polar surface area (TPSA) is 69.7 Å². The van der Waals surface area contributed by atoms with Crippen molar-refractivity contribution in [2.45, 2.75) is 11.8 Å². The zero-order valence-electron chi connectivity index (χ0n) is 11.9. The van der Waals surface area contributed by atoms with E-state index in [1.54, 1.807) is 12.1 Å². The molecule has 0 aliphatic rings. The van der Waals surface area contributed by atoms with Crippen LogP contribution in [0.1, 0.15) is 15.9 Å². The highest BCUT2D eigenvalue weighted by Gasteiger charge is 2.21. The fraction of sp³-hybridized carbons (Fsp3) is 0.133. The summed E-state index contributed by atoms with van der Waals surface area (Å²) in [6.07, 6.45) is 0. The molecule has 7 heteroatoms. The highest BCUT2D eigenvalue weighted by molar-refractivity contribution is 7.87. The summed E-state index contributed by atoms with van der Waals surface area (Å²) in [7, 11) is -2.88. The van der Waals surface area contributed by atoms with Gasteiger partial charge >= 0.3 is 16.1 Å². The van der Waals surface area contributed by atoms with Crippen LogP contribution in [0.15, 0.2) is 47.4 Å². The number of halogens is 1. The Morgan fingerprint density at radius 2 is 1.73 bits per heavy atom. The van der Waals surface area contributed by atoms with Gasteiger partial charge in [0, 0.05) is 5.02 Å². The van der Waals surface area contributed by atoms with E-state index in [4.69, 9.17) is 15.8 Å². The molecule has 0 aliphatic carbocycles. The van der Waals surface area contributed by atoms with Gasteiger partial charge in [-0.25, -0.2) is 4.79 Å². The van der Waals surface area contributed by atoms with E-state index in [9.17, 15) is 13.2 Å². The molecule has 0 unspecified atom stereocenters. The first kappa shape index (κ1) is 16.3. The van der Waals surface area contributed by atoms with Gasteiger partial charge in [0.15, 0.2) is 5.75 Å². The maximum Gasteiger partial charge on any atom is 0.341 e. The smallest absolute Gasteiger partial charge is 0.341 e. The second-order valence-corrected chi connectivity index (χ2v) is 6.47. The molecule has 0 aliphatic heterocycles. The van der Waals surface area contributed by atoms with Gasteiger partial charge < -0.3 is 8.92 Å². The molecule has 0 N–H and O–H groups in total. The van der Waals surface area contributed by atoms with Crippen LogP contribution in [-0.4, -0.2) is 21.5 Å². The first-order chi connectivity index (χ1) is 10.3. The molecule has 0 radical (unpaired) electrons. The molecule has 0 heterocycles. The number of methoxy groups -OCH3 is 1. The van der Waals surface area contributed by atoms with Crippen LogP contribution in [0.4, 0.5) is 0 Å². The molecule has 2 aromatic rings. The van der Waals surface area contributed by atoms with Gasteiger partial charge in [-0.1, -0.05) is 29.3 Å². The third-order valence-corrected chi connectivity index (χ3v) is 4.34. The van der Waals surface area contributed by atoms with Gasteiger partial charge in [0.2, 0.25) is 0 Å². The Kier molecular flexibility index (Phi) is 4.73. The van der Waals surface area contributed by atoms with Crippen molar-refractivity contribution in [3.8, 4) is 5.75 Å². The number of carbonyl (C=O) groups excluding carboxylic acids is 1. The standard InChI is InChI=1S/C15H13ClO5S/c1-10-3-6-12(7-4-10)22(18,19)21-14-8-5-11(16)9-13(14)15(17)20-2/h3-9H,1-2H3. The van der Waals surface area contributed by atoms with Crippen LogP contribution in [0.25, 0.3) is 0 Å². The highest BCUT2D eigenvalue weighted by Crippen LogP contribution is 2.27. The van der Waals surface area contributed by atoms with E-state index < -0.39 is 16.1 Å². The minimum Gasteiger partial charge on any atom is -0.465 e. The first-order valence-electron chi connectivity index (χ1n) is 6.22. The Balaban J connectivity index is 2.41. The van der Waals surface area contributed by atoms with Gasteiger partial charge in [0.05, 0.1) is 7.11 Å². The van der Waals surface area contributed by atoms with Crippen molar-refractivity contribution >= 4 is 27.7 Å². The fourth-order valence-electron chi connectivity index (χ4n) is 1.72. The van der Waals surface area contributed by atoms with Gasteiger partial charge in [-0.3, -0.25) is 0 Å². The monoisotopic (exact) mass is 340 g/mol. The predicted molar refractivity (Wildman–Crippen MR) is 81.8 cm³/mol. The molecule has 0 atom stereocenters. The Morgan fingerprint density at radius 3 is 2.32 bits per heavy atom. The molecule has 0 bridgehead atoms. The maximum atomic E-state index is 12.3. The number of hydrogen-bond donors (Lipinski definition) is 0. The summed E-state index contributed by atoms with van der Waals surface area (Å²) >= 11 is 5.81. The van der Waals surface area contributed by atoms with Gasteiger partial charge in [-0.2, -0.15) is 8.42 Å². The number of esters is 1. The SMILES string of the molecule is COC(=O)c1cc(Cl)ccc1OS(=O)(=O)c1ccc(C)cc1. The van der Waals surface area contributed by atoms with Crippen molar-refractivity contribution in [1.82, 2.24) is 0 Å². The van der Waals surface area contributed by atoms with E-state index >= 15 is 0 Å². The molecule has 2 rings (SSSR count). The van der Waals surface area contributed by atoms with Crippen molar-refractivity contribution in [1.29, 1.82) is 0 Å². The van der Waals surface area contributed by atoms with Crippen molar-refractivity contribution in [3.05, 3.63) is 58.6 Å². The number of carbonyl (C=O) groups is 1. The molecule has 0 spiro atoms. The fourth-order valence-corrected chi connectivity index (χ4v) is 2.84. The summed E-state index contributed by atoms with van der Waals surface area (Å²) in [5, 5.41) is 0.264. The first-order valence-corrected chi connectivity index (χ1v) is 8.01. The molecule has 0 amide bonds. The average molecular weight is 341 g/mol. The van der Waals surface area contributed by atoms with Crippen molar-refractivity contribution in [3.63, 3.8) is 0 Å². The quantitative estimate of drug-likeness (QED) is 0.631. The van der Waals surface area contributed by atoms with Gasteiger partial charge in [0.25, 0.3) is 0 Å². The summed E-state index contributed by atoms with van der Waals surface area (Å²) in [6.45, 7) is 1.84. The molecule has 0 saturated heterocycles. The largest absolute Gasteiger partial charge is 0.465 e. The van der Waals surface area contributed by atoms with Crippen LogP contribution in [0.5, 0.6) is 5.75 Å². The molecule has 0 saturated carbocycles. The lowest BCUT2D eigenvalue weighted by molar-refractivity contribution is 0.0599. The second-order valence-electron chi connectivity index (χ2n) is 4.48. The molecule has 0 fully saturated rings. The van der Waals surface area contributed by atoms with Gasteiger partial charge in [-0.05, 0) is 37.3 Å². The Bertz CT molecular complexity index is 797. The summed E-state index contributed by atoms with van der Waals surface area (Å²) in [4.78, 5) is 11.7. The van der Waals surface area contributed by atoms with Crippen LogP contribution in [0.3, 0.4) is 0 Å². The van der Waals surface area contributed by atoms with Crippen molar-refractivity contribution < 1.29 is 22.1 Å². The Labute approximate surface area is 133 Å². The van der Waals surface area contributed by atoms with E-state index in [1.807, 2.05) is 6.92 Å². The molecular formula is C15H13ClO5S. The van der Waals surface area contributed by atoms with E-state index in [0.717, 1.165) is 5.56 Å². The molecule has 2 aromatic carbocycles. The lowest BCUT2D eigenvalue weighted by Gasteiger charge is -2.11. The number of hydrogen-bond acceptors (Lipinski definition) is 5. The third-order valence-electron chi connectivity index (χ3n) is 2.86. The number of ether oxygens (including phenoxy) is 1. The molecule has 116 valence electrons. The zero-order chi connectivity index (χ0) is 16.3. The average Bonchev–Trinajstić information content (AvgIpc) is 2.48. The van der Waals surface area contributed by atoms with E-state index in [2.05, 4.69) is 4.74 Å².